The van der Waals surface area contributed by atoms with Crippen LogP contribution in [-0.4, -0.2) is 45.8 Å². The zero-order chi connectivity index (χ0) is 25.0. The van der Waals surface area contributed by atoms with Gasteiger partial charge in [0.05, 0.1) is 30.4 Å². The summed E-state index contributed by atoms with van der Waals surface area (Å²) in [5.74, 6) is 0.641. The minimum Gasteiger partial charge on any atom is -0.497 e. The molecule has 10 nitrogen and oxygen atoms in total. The number of rotatable bonds is 8. The zero-order valence-electron chi connectivity index (χ0n) is 19.1. The molecule has 0 aliphatic heterocycles. The number of sulfonamides is 1. The van der Waals surface area contributed by atoms with Crippen molar-refractivity contribution in [3.8, 4) is 23.0 Å². The Hall–Kier alpha value is -4.38. The van der Waals surface area contributed by atoms with E-state index in [1.807, 2.05) is 0 Å². The van der Waals surface area contributed by atoms with Crippen molar-refractivity contribution in [2.24, 2.45) is 0 Å². The number of methoxy groups -OCH3 is 2. The molecule has 0 aliphatic carbocycles. The lowest BCUT2D eigenvalue weighted by Gasteiger charge is -2.19. The number of ether oxygens (including phenoxy) is 2. The second-order valence-corrected chi connectivity index (χ2v) is 9.23. The largest absolute Gasteiger partial charge is 0.497 e. The van der Waals surface area contributed by atoms with E-state index in [2.05, 4.69) is 15.5 Å². The third-order valence-electron chi connectivity index (χ3n) is 5.18. The summed E-state index contributed by atoms with van der Waals surface area (Å²) in [7, 11) is 0.708. The van der Waals surface area contributed by atoms with Crippen molar-refractivity contribution in [2.45, 2.75) is 4.90 Å². The molecule has 4 aromatic rings. The highest BCUT2D eigenvalue weighted by molar-refractivity contribution is 7.92. The van der Waals surface area contributed by atoms with Gasteiger partial charge in [0.15, 0.2) is 0 Å². The Morgan fingerprint density at radius 2 is 1.66 bits per heavy atom. The number of nitrogens with one attached hydrogen (secondary N) is 1. The molecule has 0 fully saturated rings. The maximum atomic E-state index is 12.9. The summed E-state index contributed by atoms with van der Waals surface area (Å²) in [6.07, 6.45) is 0. The van der Waals surface area contributed by atoms with Crippen LogP contribution < -0.4 is 19.1 Å². The molecule has 35 heavy (non-hydrogen) atoms. The fraction of sp³-hybridized carbons (Fsp3) is 0.125. The molecular formula is C24H22N4O6S. The number of carbonyl (C=O) groups is 1. The number of anilines is 2. The van der Waals surface area contributed by atoms with Crippen LogP contribution in [0.2, 0.25) is 0 Å². The lowest BCUT2D eigenvalue weighted by Crippen LogP contribution is -2.26. The predicted octanol–water partition coefficient (Wildman–Crippen LogP) is 3.83. The normalized spacial score (nSPS) is 11.1. The van der Waals surface area contributed by atoms with E-state index in [1.165, 1.54) is 49.8 Å². The molecule has 1 amide bonds. The summed E-state index contributed by atoms with van der Waals surface area (Å²) < 4.78 is 43.1. The van der Waals surface area contributed by atoms with E-state index in [0.29, 0.717) is 22.7 Å². The maximum Gasteiger partial charge on any atom is 0.322 e. The number of amides is 1. The highest BCUT2D eigenvalue weighted by Crippen LogP contribution is 2.33. The predicted molar refractivity (Wildman–Crippen MR) is 129 cm³/mol. The van der Waals surface area contributed by atoms with Gasteiger partial charge < -0.3 is 13.9 Å². The van der Waals surface area contributed by atoms with Gasteiger partial charge in [-0.3, -0.25) is 14.4 Å². The average Bonchev–Trinajstić information content (AvgIpc) is 3.36. The van der Waals surface area contributed by atoms with Crippen molar-refractivity contribution in [3.05, 3.63) is 78.4 Å². The van der Waals surface area contributed by atoms with E-state index in [1.54, 1.807) is 48.5 Å². The number of aromatic nitrogens is 2. The van der Waals surface area contributed by atoms with Crippen LogP contribution in [0.4, 0.5) is 11.7 Å². The van der Waals surface area contributed by atoms with Gasteiger partial charge in [0.1, 0.15) is 11.5 Å². The Labute approximate surface area is 202 Å². The molecule has 11 heteroatoms. The van der Waals surface area contributed by atoms with Gasteiger partial charge >= 0.3 is 6.01 Å². The second-order valence-electron chi connectivity index (χ2n) is 7.27. The summed E-state index contributed by atoms with van der Waals surface area (Å²) >= 11 is 0. The van der Waals surface area contributed by atoms with Crippen LogP contribution in [0, 0.1) is 0 Å². The summed E-state index contributed by atoms with van der Waals surface area (Å²) in [4.78, 5) is 12.7. The van der Waals surface area contributed by atoms with Gasteiger partial charge in [-0.05, 0) is 54.6 Å². The zero-order valence-corrected chi connectivity index (χ0v) is 19.9. The van der Waals surface area contributed by atoms with Crippen LogP contribution in [0.5, 0.6) is 11.5 Å². The third kappa shape index (κ3) is 4.94. The monoisotopic (exact) mass is 494 g/mol. The summed E-state index contributed by atoms with van der Waals surface area (Å²) in [5.41, 5.74) is 1.23. The SMILES string of the molecule is COc1ccc(OC)c(-c2nnc(NC(=O)c3ccc(S(=O)(=O)N(C)c4ccccc4)cc3)o2)c1. The van der Waals surface area contributed by atoms with Crippen molar-refractivity contribution in [3.63, 3.8) is 0 Å². The molecule has 0 saturated heterocycles. The van der Waals surface area contributed by atoms with Crippen molar-refractivity contribution in [1.29, 1.82) is 0 Å². The average molecular weight is 495 g/mol. The molecule has 0 radical (unpaired) electrons. The Bertz CT molecular complexity index is 1440. The van der Waals surface area contributed by atoms with Gasteiger partial charge in [-0.1, -0.05) is 23.3 Å². The molecule has 0 bridgehead atoms. The molecule has 0 saturated carbocycles. The first-order valence-corrected chi connectivity index (χ1v) is 11.8. The minimum atomic E-state index is -3.79. The van der Waals surface area contributed by atoms with E-state index in [-0.39, 0.29) is 22.4 Å². The lowest BCUT2D eigenvalue weighted by molar-refractivity contribution is 0.102. The molecule has 0 spiro atoms. The summed E-state index contributed by atoms with van der Waals surface area (Å²) in [5, 5.41) is 10.3. The molecule has 1 heterocycles. The summed E-state index contributed by atoms with van der Waals surface area (Å²) in [6.45, 7) is 0. The number of hydrogen-bond donors (Lipinski definition) is 1. The molecule has 4 rings (SSSR count). The van der Waals surface area contributed by atoms with Crippen molar-refractivity contribution >= 4 is 27.6 Å². The van der Waals surface area contributed by atoms with Crippen LogP contribution in [-0.2, 0) is 10.0 Å². The fourth-order valence-electron chi connectivity index (χ4n) is 3.25. The van der Waals surface area contributed by atoms with Crippen LogP contribution in [0.3, 0.4) is 0 Å². The maximum absolute atomic E-state index is 12.9. The van der Waals surface area contributed by atoms with Crippen LogP contribution >= 0.6 is 0 Å². The van der Waals surface area contributed by atoms with Gasteiger partial charge in [0.25, 0.3) is 21.8 Å². The lowest BCUT2D eigenvalue weighted by atomic mass is 10.2. The Morgan fingerprint density at radius 3 is 2.31 bits per heavy atom. The first-order valence-electron chi connectivity index (χ1n) is 10.3. The van der Waals surface area contributed by atoms with Crippen LogP contribution in [0.1, 0.15) is 10.4 Å². The Morgan fingerprint density at radius 1 is 0.943 bits per heavy atom. The van der Waals surface area contributed by atoms with Crippen molar-refractivity contribution in [2.75, 3.05) is 30.9 Å². The highest BCUT2D eigenvalue weighted by Gasteiger charge is 2.22. The summed E-state index contributed by atoms with van der Waals surface area (Å²) in [6, 6.07) is 19.2. The van der Waals surface area contributed by atoms with Crippen molar-refractivity contribution in [1.82, 2.24) is 10.2 Å². The standard InChI is InChI=1S/C24H22N4O6S/c1-28(17-7-5-4-6-8-17)35(30,31)19-12-9-16(10-13-19)22(29)25-24-27-26-23(34-24)20-15-18(32-2)11-14-21(20)33-3/h4-15H,1-3H3,(H,25,27,29). The molecule has 0 atom stereocenters. The van der Waals surface area contributed by atoms with E-state index in [4.69, 9.17) is 13.9 Å². The number of carbonyl (C=O) groups excluding carboxylic acids is 1. The molecule has 3 aromatic carbocycles. The first kappa shape index (κ1) is 23.8. The third-order valence-corrected chi connectivity index (χ3v) is 6.98. The minimum absolute atomic E-state index is 0.0469. The van der Waals surface area contributed by atoms with Crippen LogP contribution in [0.15, 0.2) is 82.1 Å². The van der Waals surface area contributed by atoms with E-state index < -0.39 is 15.9 Å². The Balaban J connectivity index is 1.50. The van der Waals surface area contributed by atoms with Gasteiger partial charge in [-0.25, -0.2) is 8.42 Å². The molecular weight excluding hydrogens is 472 g/mol. The van der Waals surface area contributed by atoms with E-state index >= 15 is 0 Å². The molecule has 1 N–H and O–H groups in total. The molecule has 0 unspecified atom stereocenters. The molecule has 1 aromatic heterocycles. The van der Waals surface area contributed by atoms with Gasteiger partial charge in [0, 0.05) is 12.6 Å². The van der Waals surface area contributed by atoms with Gasteiger partial charge in [0.2, 0.25) is 0 Å². The van der Waals surface area contributed by atoms with E-state index in [0.717, 1.165) is 0 Å². The van der Waals surface area contributed by atoms with E-state index in [9.17, 15) is 13.2 Å². The molecule has 0 aliphatic rings. The van der Waals surface area contributed by atoms with Gasteiger partial charge in [-0.15, -0.1) is 5.10 Å². The second kappa shape index (κ2) is 9.85. The number of nitrogens with zero attached hydrogens (tertiary/aromatic N) is 3. The number of para-hydroxylation sites is 1. The first-order chi connectivity index (χ1) is 16.8. The molecule has 180 valence electrons. The highest BCUT2D eigenvalue weighted by atomic mass is 32.2. The Kier molecular flexibility index (Phi) is 6.69. The quantitative estimate of drug-likeness (QED) is 0.392. The number of hydrogen-bond acceptors (Lipinski definition) is 8. The fourth-order valence-corrected chi connectivity index (χ4v) is 4.44. The van der Waals surface area contributed by atoms with Crippen molar-refractivity contribution < 1.29 is 27.1 Å². The van der Waals surface area contributed by atoms with Gasteiger partial charge in [-0.2, -0.15) is 0 Å². The number of benzene rings is 3. The smallest absolute Gasteiger partial charge is 0.322 e. The van der Waals surface area contributed by atoms with Crippen LogP contribution in [0.25, 0.3) is 11.5 Å². The topological polar surface area (TPSA) is 124 Å².